The maximum atomic E-state index is 10.5. The van der Waals surface area contributed by atoms with Gasteiger partial charge in [-0.3, -0.25) is 4.79 Å². The van der Waals surface area contributed by atoms with Crippen molar-refractivity contribution >= 4 is 5.97 Å². The van der Waals surface area contributed by atoms with Gasteiger partial charge in [0, 0.05) is 12.8 Å². The number of carbonyl (C=O) groups is 1. The van der Waals surface area contributed by atoms with E-state index in [4.69, 9.17) is 10.5 Å². The lowest BCUT2D eigenvalue weighted by Crippen LogP contribution is -2.14. The van der Waals surface area contributed by atoms with Gasteiger partial charge >= 0.3 is 5.97 Å². The van der Waals surface area contributed by atoms with Crippen LogP contribution < -0.4 is 5.73 Å². The van der Waals surface area contributed by atoms with Crippen molar-refractivity contribution in [3.63, 3.8) is 0 Å². The summed E-state index contributed by atoms with van der Waals surface area (Å²) >= 11 is 0. The fraction of sp³-hybridized carbons (Fsp3) is 0.667. The molecular formula is C9H15NO2. The van der Waals surface area contributed by atoms with Crippen LogP contribution in [0.3, 0.4) is 0 Å². The normalized spacial score (nSPS) is 27.5. The van der Waals surface area contributed by atoms with Crippen LogP contribution in [0.15, 0.2) is 12.2 Å². The minimum Gasteiger partial charge on any atom is -0.465 e. The van der Waals surface area contributed by atoms with Crippen molar-refractivity contribution in [2.45, 2.75) is 13.3 Å². The Morgan fingerprint density at radius 1 is 1.58 bits per heavy atom. The first kappa shape index (κ1) is 9.26. The summed E-state index contributed by atoms with van der Waals surface area (Å²) in [5.41, 5.74) is 5.49. The molecule has 0 heterocycles. The Balaban J connectivity index is 2.20. The largest absolute Gasteiger partial charge is 0.465 e. The number of carbonyl (C=O) groups excluding carboxylic acids is 1. The summed E-state index contributed by atoms with van der Waals surface area (Å²) in [4.78, 5) is 10.5. The average molecular weight is 169 g/mol. The summed E-state index contributed by atoms with van der Waals surface area (Å²) in [5.74, 6) is 0.646. The summed E-state index contributed by atoms with van der Waals surface area (Å²) in [6.45, 7) is 2.62. The van der Waals surface area contributed by atoms with Crippen LogP contribution in [0.2, 0.25) is 0 Å². The van der Waals surface area contributed by atoms with Crippen molar-refractivity contribution in [3.8, 4) is 0 Å². The van der Waals surface area contributed by atoms with Crippen LogP contribution in [0.25, 0.3) is 0 Å². The summed E-state index contributed by atoms with van der Waals surface area (Å²) in [7, 11) is 0. The lowest BCUT2D eigenvalue weighted by atomic mass is 10.0. The zero-order chi connectivity index (χ0) is 8.97. The van der Waals surface area contributed by atoms with E-state index in [-0.39, 0.29) is 5.97 Å². The Hall–Kier alpha value is -0.830. The molecule has 0 radical (unpaired) electrons. The fourth-order valence-corrected chi connectivity index (χ4v) is 1.38. The number of hydrogen-bond donors (Lipinski definition) is 1. The minimum absolute atomic E-state index is 0.209. The molecule has 0 fully saturated rings. The van der Waals surface area contributed by atoms with Crippen LogP contribution in [0.4, 0.5) is 0 Å². The SMILES string of the molecule is CC(=O)OC[C@@H]1C=C[C@H](CN)C1. The molecule has 0 aromatic heterocycles. The van der Waals surface area contributed by atoms with Gasteiger partial charge in [-0.2, -0.15) is 0 Å². The van der Waals surface area contributed by atoms with Gasteiger partial charge in [0.1, 0.15) is 0 Å². The molecule has 1 aliphatic carbocycles. The number of ether oxygens (including phenoxy) is 1. The highest BCUT2D eigenvalue weighted by Gasteiger charge is 2.18. The molecule has 0 spiro atoms. The van der Waals surface area contributed by atoms with Crippen LogP contribution in [0.1, 0.15) is 13.3 Å². The molecule has 1 aliphatic rings. The van der Waals surface area contributed by atoms with Crippen LogP contribution >= 0.6 is 0 Å². The van der Waals surface area contributed by atoms with E-state index in [0.29, 0.717) is 25.0 Å². The summed E-state index contributed by atoms with van der Waals surface area (Å²) < 4.78 is 4.89. The van der Waals surface area contributed by atoms with E-state index >= 15 is 0 Å². The zero-order valence-corrected chi connectivity index (χ0v) is 7.32. The molecular weight excluding hydrogens is 154 g/mol. The number of hydrogen-bond acceptors (Lipinski definition) is 3. The van der Waals surface area contributed by atoms with Crippen molar-refractivity contribution in [2.24, 2.45) is 17.6 Å². The fourth-order valence-electron chi connectivity index (χ4n) is 1.38. The van der Waals surface area contributed by atoms with E-state index in [2.05, 4.69) is 12.2 Å². The van der Waals surface area contributed by atoms with Gasteiger partial charge < -0.3 is 10.5 Å². The molecule has 0 aromatic rings. The third-order valence-electron chi connectivity index (χ3n) is 2.06. The zero-order valence-electron chi connectivity index (χ0n) is 7.32. The molecule has 0 bridgehead atoms. The summed E-state index contributed by atoms with van der Waals surface area (Å²) in [6.07, 6.45) is 5.21. The molecule has 3 heteroatoms. The Morgan fingerprint density at radius 3 is 2.75 bits per heavy atom. The van der Waals surface area contributed by atoms with Crippen LogP contribution in [0.5, 0.6) is 0 Å². The predicted octanol–water partition coefficient (Wildman–Crippen LogP) is 0.701. The number of esters is 1. The Labute approximate surface area is 72.6 Å². The van der Waals surface area contributed by atoms with Gasteiger partial charge in [-0.25, -0.2) is 0 Å². The molecule has 12 heavy (non-hydrogen) atoms. The molecule has 0 saturated heterocycles. The van der Waals surface area contributed by atoms with Gasteiger partial charge in [0.2, 0.25) is 0 Å². The van der Waals surface area contributed by atoms with Gasteiger partial charge in [0.25, 0.3) is 0 Å². The Bertz CT molecular complexity index is 189. The standard InChI is InChI=1S/C9H15NO2/c1-7(11)12-6-9-3-2-8(4-9)5-10/h2-3,8-9H,4-6,10H2,1H3/t8-,9+/m0/s1. The van der Waals surface area contributed by atoms with E-state index < -0.39 is 0 Å². The second-order valence-corrected chi connectivity index (χ2v) is 3.18. The molecule has 3 nitrogen and oxygen atoms in total. The number of rotatable bonds is 3. The first-order valence-corrected chi connectivity index (χ1v) is 4.24. The average Bonchev–Trinajstić information content (AvgIpc) is 2.48. The van der Waals surface area contributed by atoms with Crippen molar-refractivity contribution in [2.75, 3.05) is 13.2 Å². The molecule has 2 atom stereocenters. The number of nitrogens with two attached hydrogens (primary N) is 1. The third-order valence-corrected chi connectivity index (χ3v) is 2.06. The second kappa shape index (κ2) is 4.26. The van der Waals surface area contributed by atoms with Gasteiger partial charge in [0.15, 0.2) is 0 Å². The highest BCUT2D eigenvalue weighted by atomic mass is 16.5. The van der Waals surface area contributed by atoms with Gasteiger partial charge in [-0.15, -0.1) is 0 Å². The third kappa shape index (κ3) is 2.66. The topological polar surface area (TPSA) is 52.3 Å². The molecule has 0 aliphatic heterocycles. The summed E-state index contributed by atoms with van der Waals surface area (Å²) in [5, 5.41) is 0. The van der Waals surface area contributed by atoms with Crippen molar-refractivity contribution in [3.05, 3.63) is 12.2 Å². The molecule has 0 amide bonds. The van der Waals surface area contributed by atoms with Gasteiger partial charge in [-0.1, -0.05) is 12.2 Å². The lowest BCUT2D eigenvalue weighted by Gasteiger charge is -2.09. The van der Waals surface area contributed by atoms with Crippen molar-refractivity contribution in [1.29, 1.82) is 0 Å². The van der Waals surface area contributed by atoms with E-state index in [1.54, 1.807) is 0 Å². The van der Waals surface area contributed by atoms with E-state index in [1.807, 2.05) is 0 Å². The second-order valence-electron chi connectivity index (χ2n) is 3.18. The summed E-state index contributed by atoms with van der Waals surface area (Å²) in [6, 6.07) is 0. The van der Waals surface area contributed by atoms with E-state index in [1.165, 1.54) is 6.92 Å². The van der Waals surface area contributed by atoms with Gasteiger partial charge in [0.05, 0.1) is 6.61 Å². The van der Waals surface area contributed by atoms with Crippen molar-refractivity contribution < 1.29 is 9.53 Å². The molecule has 2 N–H and O–H groups in total. The monoisotopic (exact) mass is 169 g/mol. The van der Waals surface area contributed by atoms with Crippen LogP contribution in [-0.4, -0.2) is 19.1 Å². The van der Waals surface area contributed by atoms with Crippen LogP contribution in [-0.2, 0) is 9.53 Å². The molecule has 0 unspecified atom stereocenters. The Morgan fingerprint density at radius 2 is 2.25 bits per heavy atom. The highest BCUT2D eigenvalue weighted by molar-refractivity contribution is 5.65. The quantitative estimate of drug-likeness (QED) is 0.500. The van der Waals surface area contributed by atoms with Gasteiger partial charge in [-0.05, 0) is 18.9 Å². The highest BCUT2D eigenvalue weighted by Crippen LogP contribution is 2.22. The maximum absolute atomic E-state index is 10.5. The Kier molecular flexibility index (Phi) is 3.29. The van der Waals surface area contributed by atoms with Crippen LogP contribution in [0, 0.1) is 11.8 Å². The first-order valence-electron chi connectivity index (χ1n) is 4.24. The molecule has 1 rings (SSSR count). The van der Waals surface area contributed by atoms with E-state index in [0.717, 1.165) is 6.42 Å². The predicted molar refractivity (Wildman–Crippen MR) is 46.4 cm³/mol. The van der Waals surface area contributed by atoms with Crippen molar-refractivity contribution in [1.82, 2.24) is 0 Å². The van der Waals surface area contributed by atoms with E-state index in [9.17, 15) is 4.79 Å². The molecule has 0 saturated carbocycles. The smallest absolute Gasteiger partial charge is 0.302 e. The maximum Gasteiger partial charge on any atom is 0.302 e. The lowest BCUT2D eigenvalue weighted by molar-refractivity contribution is -0.141. The first-order chi connectivity index (χ1) is 5.72. The minimum atomic E-state index is -0.209. The molecule has 68 valence electrons. The molecule has 0 aromatic carbocycles.